The van der Waals surface area contributed by atoms with Gasteiger partial charge in [0.2, 0.25) is 0 Å². The molecule has 0 amide bonds. The van der Waals surface area contributed by atoms with Crippen LogP contribution >= 0.6 is 0 Å². The lowest BCUT2D eigenvalue weighted by atomic mass is 10.1. The van der Waals surface area contributed by atoms with Gasteiger partial charge in [0, 0.05) is 6.54 Å². The van der Waals surface area contributed by atoms with Crippen LogP contribution in [0.1, 0.15) is 71.1 Å². The molecule has 0 aromatic heterocycles. The maximum absolute atomic E-state index is 11.1. The van der Waals surface area contributed by atoms with Crippen LogP contribution in [0.3, 0.4) is 0 Å². The van der Waals surface area contributed by atoms with Crippen LogP contribution in [-0.4, -0.2) is 37.1 Å². The van der Waals surface area contributed by atoms with E-state index in [0.29, 0.717) is 13.2 Å². The van der Waals surface area contributed by atoms with E-state index in [0.717, 1.165) is 13.1 Å². The van der Waals surface area contributed by atoms with Gasteiger partial charge in [-0.1, -0.05) is 64.7 Å². The summed E-state index contributed by atoms with van der Waals surface area (Å²) in [6.45, 7) is 5.32. The zero-order valence-electron chi connectivity index (χ0n) is 12.7. The van der Waals surface area contributed by atoms with Gasteiger partial charge in [-0.2, -0.15) is 0 Å². The summed E-state index contributed by atoms with van der Waals surface area (Å²) in [7, 11) is 0. The Kier molecular flexibility index (Phi) is 9.78. The lowest BCUT2D eigenvalue weighted by Gasteiger charge is -2.25. The van der Waals surface area contributed by atoms with E-state index in [-0.39, 0.29) is 5.97 Å². The molecule has 0 saturated carbocycles. The monoisotopic (exact) mass is 269 g/mol. The molecule has 0 aliphatic carbocycles. The number of ether oxygens (including phenoxy) is 1. The van der Waals surface area contributed by atoms with Gasteiger partial charge in [0.05, 0.1) is 6.54 Å². The van der Waals surface area contributed by atoms with Crippen molar-refractivity contribution in [3.05, 3.63) is 0 Å². The number of hydrogen-bond acceptors (Lipinski definition) is 3. The molecule has 0 spiro atoms. The summed E-state index contributed by atoms with van der Waals surface area (Å²) >= 11 is 0. The van der Waals surface area contributed by atoms with Crippen LogP contribution in [0.4, 0.5) is 0 Å². The highest BCUT2D eigenvalue weighted by Gasteiger charge is 2.16. The highest BCUT2D eigenvalue weighted by molar-refractivity contribution is 5.72. The molecule has 1 fully saturated rings. The third-order valence-corrected chi connectivity index (χ3v) is 3.85. The van der Waals surface area contributed by atoms with E-state index in [9.17, 15) is 4.79 Å². The minimum absolute atomic E-state index is 0.0571. The molecule has 3 heteroatoms. The van der Waals surface area contributed by atoms with Crippen LogP contribution in [0, 0.1) is 0 Å². The Balaban J connectivity index is 1.79. The normalized spacial score (nSPS) is 16.6. The first-order valence-electron chi connectivity index (χ1n) is 8.21. The lowest BCUT2D eigenvalue weighted by Crippen LogP contribution is -2.40. The third kappa shape index (κ3) is 9.04. The minimum atomic E-state index is -0.0571. The van der Waals surface area contributed by atoms with E-state index in [1.807, 2.05) is 0 Å². The Morgan fingerprint density at radius 3 is 2.11 bits per heavy atom. The molecule has 0 unspecified atom stereocenters. The van der Waals surface area contributed by atoms with Crippen molar-refractivity contribution in [1.29, 1.82) is 0 Å². The molecule has 1 saturated heterocycles. The Hall–Kier alpha value is -0.570. The number of carbonyl (C=O) groups excluding carboxylic acids is 1. The number of cyclic esters (lactones) is 1. The second-order valence-electron chi connectivity index (χ2n) is 5.68. The molecule has 0 aromatic carbocycles. The largest absolute Gasteiger partial charge is 0.463 e. The molecule has 0 radical (unpaired) electrons. The lowest BCUT2D eigenvalue weighted by molar-refractivity contribution is -0.150. The first-order chi connectivity index (χ1) is 9.33. The fourth-order valence-electron chi connectivity index (χ4n) is 2.61. The summed E-state index contributed by atoms with van der Waals surface area (Å²) in [4.78, 5) is 13.3. The summed E-state index contributed by atoms with van der Waals surface area (Å²) in [5.41, 5.74) is 0. The number of unbranched alkanes of at least 4 members (excludes halogenated alkanes) is 9. The van der Waals surface area contributed by atoms with Crippen LogP contribution in [-0.2, 0) is 9.53 Å². The maximum Gasteiger partial charge on any atom is 0.320 e. The van der Waals surface area contributed by atoms with Crippen LogP contribution in [0.2, 0.25) is 0 Å². The third-order valence-electron chi connectivity index (χ3n) is 3.85. The molecule has 1 heterocycles. The topological polar surface area (TPSA) is 29.5 Å². The van der Waals surface area contributed by atoms with Gasteiger partial charge in [0.1, 0.15) is 6.61 Å². The minimum Gasteiger partial charge on any atom is -0.463 e. The highest BCUT2D eigenvalue weighted by Crippen LogP contribution is 2.11. The second kappa shape index (κ2) is 11.3. The molecular formula is C16H31NO2. The number of morpholine rings is 1. The molecule has 0 N–H and O–H groups in total. The molecule has 0 aromatic rings. The highest BCUT2D eigenvalue weighted by atomic mass is 16.5. The number of esters is 1. The van der Waals surface area contributed by atoms with Gasteiger partial charge in [-0.15, -0.1) is 0 Å². The van der Waals surface area contributed by atoms with Crippen molar-refractivity contribution in [2.75, 3.05) is 26.2 Å². The first-order valence-corrected chi connectivity index (χ1v) is 8.21. The zero-order chi connectivity index (χ0) is 13.8. The van der Waals surface area contributed by atoms with E-state index in [4.69, 9.17) is 4.74 Å². The quantitative estimate of drug-likeness (QED) is 0.422. The first kappa shape index (κ1) is 16.5. The van der Waals surface area contributed by atoms with E-state index >= 15 is 0 Å². The van der Waals surface area contributed by atoms with Gasteiger partial charge in [-0.25, -0.2) is 0 Å². The standard InChI is InChI=1S/C16H31NO2/c1-2-3-4-5-6-7-8-9-10-11-12-17-13-14-19-16(18)15-17/h2-15H2,1H3. The van der Waals surface area contributed by atoms with Crippen LogP contribution in [0.25, 0.3) is 0 Å². The molecule has 3 nitrogen and oxygen atoms in total. The fraction of sp³-hybridized carbons (Fsp3) is 0.938. The molecular weight excluding hydrogens is 238 g/mol. The Morgan fingerprint density at radius 2 is 1.53 bits per heavy atom. The van der Waals surface area contributed by atoms with E-state index in [2.05, 4.69) is 11.8 Å². The molecule has 19 heavy (non-hydrogen) atoms. The summed E-state index contributed by atoms with van der Waals surface area (Å²) in [5, 5.41) is 0. The molecule has 0 bridgehead atoms. The Bertz CT molecular complexity index is 231. The molecule has 0 atom stereocenters. The van der Waals surface area contributed by atoms with Gasteiger partial charge in [-0.3, -0.25) is 9.69 Å². The van der Waals surface area contributed by atoms with Crippen molar-refractivity contribution in [3.63, 3.8) is 0 Å². The molecule has 1 aliphatic heterocycles. The predicted octanol–water partition coefficient (Wildman–Crippen LogP) is 3.77. The zero-order valence-corrected chi connectivity index (χ0v) is 12.7. The summed E-state index contributed by atoms with van der Waals surface area (Å²) in [6.07, 6.45) is 13.7. The molecule has 112 valence electrons. The number of carbonyl (C=O) groups is 1. The summed E-state index contributed by atoms with van der Waals surface area (Å²) in [6, 6.07) is 0. The van der Waals surface area contributed by atoms with Crippen LogP contribution in [0.5, 0.6) is 0 Å². The second-order valence-corrected chi connectivity index (χ2v) is 5.68. The molecule has 1 aliphatic rings. The van der Waals surface area contributed by atoms with Gasteiger partial charge >= 0.3 is 5.97 Å². The maximum atomic E-state index is 11.1. The van der Waals surface area contributed by atoms with Gasteiger partial charge in [0.25, 0.3) is 0 Å². The van der Waals surface area contributed by atoms with Gasteiger partial charge < -0.3 is 4.74 Å². The van der Waals surface area contributed by atoms with E-state index in [1.165, 1.54) is 64.2 Å². The van der Waals surface area contributed by atoms with Crippen LogP contribution in [0.15, 0.2) is 0 Å². The predicted molar refractivity (Wildman–Crippen MR) is 79.2 cm³/mol. The van der Waals surface area contributed by atoms with E-state index in [1.54, 1.807) is 0 Å². The van der Waals surface area contributed by atoms with Crippen molar-refractivity contribution in [2.24, 2.45) is 0 Å². The number of rotatable bonds is 11. The SMILES string of the molecule is CCCCCCCCCCCCN1CCOC(=O)C1. The average molecular weight is 269 g/mol. The average Bonchev–Trinajstić information content (AvgIpc) is 2.41. The van der Waals surface area contributed by atoms with Crippen molar-refractivity contribution in [3.8, 4) is 0 Å². The van der Waals surface area contributed by atoms with E-state index < -0.39 is 0 Å². The molecule has 1 rings (SSSR count). The Morgan fingerprint density at radius 1 is 0.947 bits per heavy atom. The smallest absolute Gasteiger partial charge is 0.320 e. The van der Waals surface area contributed by atoms with Crippen molar-refractivity contribution in [2.45, 2.75) is 71.1 Å². The van der Waals surface area contributed by atoms with Crippen LogP contribution < -0.4 is 0 Å². The Labute approximate surface area is 118 Å². The summed E-state index contributed by atoms with van der Waals surface area (Å²) < 4.78 is 4.93. The van der Waals surface area contributed by atoms with Crippen molar-refractivity contribution >= 4 is 5.97 Å². The number of nitrogens with zero attached hydrogens (tertiary/aromatic N) is 1. The van der Waals surface area contributed by atoms with Crippen molar-refractivity contribution in [1.82, 2.24) is 4.90 Å². The van der Waals surface area contributed by atoms with Gasteiger partial charge in [-0.05, 0) is 13.0 Å². The van der Waals surface area contributed by atoms with Crippen molar-refractivity contribution < 1.29 is 9.53 Å². The summed E-state index contributed by atoms with van der Waals surface area (Å²) in [5.74, 6) is -0.0571. The van der Waals surface area contributed by atoms with Gasteiger partial charge in [0.15, 0.2) is 0 Å². The fourth-order valence-corrected chi connectivity index (χ4v) is 2.61. The number of hydrogen-bond donors (Lipinski definition) is 0.